The van der Waals surface area contributed by atoms with Gasteiger partial charge in [0.1, 0.15) is 11.4 Å². The molecule has 2 rings (SSSR count). The molecule has 0 saturated heterocycles. The minimum atomic E-state index is -0.453. The van der Waals surface area contributed by atoms with Gasteiger partial charge < -0.3 is 15.2 Å². The molecule has 0 radical (unpaired) electrons. The number of methoxy groups -OCH3 is 1. The molecular formula is C12H16N2O4. The monoisotopic (exact) mass is 252 g/mol. The molecule has 1 aromatic rings. The highest BCUT2D eigenvalue weighted by molar-refractivity contribution is 5.64. The summed E-state index contributed by atoms with van der Waals surface area (Å²) in [6.45, 7) is 0.318. The van der Waals surface area contributed by atoms with Gasteiger partial charge in [0.05, 0.1) is 18.1 Å². The van der Waals surface area contributed by atoms with Gasteiger partial charge in [-0.2, -0.15) is 0 Å². The van der Waals surface area contributed by atoms with Crippen LogP contribution in [0.5, 0.6) is 5.75 Å². The van der Waals surface area contributed by atoms with E-state index in [1.807, 2.05) is 0 Å². The molecule has 0 amide bonds. The second-order valence-corrected chi connectivity index (χ2v) is 4.43. The molecule has 1 atom stereocenters. The highest BCUT2D eigenvalue weighted by Gasteiger charge is 2.29. The van der Waals surface area contributed by atoms with Gasteiger partial charge in [-0.3, -0.25) is 10.1 Å². The van der Waals surface area contributed by atoms with Crippen LogP contribution in [0, 0.1) is 16.0 Å². The average molecular weight is 252 g/mol. The van der Waals surface area contributed by atoms with E-state index < -0.39 is 11.0 Å². The number of benzene rings is 1. The van der Waals surface area contributed by atoms with Crippen LogP contribution in [0.4, 0.5) is 11.4 Å². The first-order chi connectivity index (χ1) is 8.61. The number of nitrogens with zero attached hydrogens (tertiary/aromatic N) is 1. The first-order valence-corrected chi connectivity index (χ1v) is 5.86. The molecule has 0 aromatic heterocycles. The smallest absolute Gasteiger partial charge is 0.292 e. The summed E-state index contributed by atoms with van der Waals surface area (Å²) in [6.07, 6.45) is 1.61. The Morgan fingerprint density at radius 2 is 2.33 bits per heavy atom. The van der Waals surface area contributed by atoms with Crippen LogP contribution in [0.2, 0.25) is 0 Å². The van der Waals surface area contributed by atoms with E-state index in [-0.39, 0.29) is 5.69 Å². The molecule has 1 saturated carbocycles. The van der Waals surface area contributed by atoms with E-state index in [9.17, 15) is 15.2 Å². The van der Waals surface area contributed by atoms with Crippen molar-refractivity contribution in [3.05, 3.63) is 28.3 Å². The molecule has 1 aliphatic rings. The number of nitrogens with one attached hydrogen (secondary N) is 1. The van der Waals surface area contributed by atoms with Crippen molar-refractivity contribution in [1.29, 1.82) is 0 Å². The SMILES string of the molecule is COc1ccc([N+](=O)[O-])c(NCC(O)C2CC2)c1. The lowest BCUT2D eigenvalue weighted by Crippen LogP contribution is -2.21. The number of ether oxygens (including phenoxy) is 1. The van der Waals surface area contributed by atoms with Gasteiger partial charge in [0.15, 0.2) is 0 Å². The average Bonchev–Trinajstić information content (AvgIpc) is 3.19. The fraction of sp³-hybridized carbons (Fsp3) is 0.500. The number of nitro benzene ring substituents is 1. The molecule has 98 valence electrons. The molecule has 1 aliphatic carbocycles. The third kappa shape index (κ3) is 2.89. The summed E-state index contributed by atoms with van der Waals surface area (Å²) in [7, 11) is 1.50. The predicted molar refractivity (Wildman–Crippen MR) is 66.9 cm³/mol. The molecule has 6 nitrogen and oxygen atoms in total. The number of nitro groups is 1. The molecule has 0 aliphatic heterocycles. The van der Waals surface area contributed by atoms with Crippen LogP contribution >= 0.6 is 0 Å². The van der Waals surface area contributed by atoms with Crippen LogP contribution in [0.1, 0.15) is 12.8 Å². The van der Waals surface area contributed by atoms with Crippen molar-refractivity contribution in [2.24, 2.45) is 5.92 Å². The van der Waals surface area contributed by atoms with E-state index in [1.165, 1.54) is 13.2 Å². The van der Waals surface area contributed by atoms with Crippen molar-refractivity contribution in [3.63, 3.8) is 0 Å². The largest absolute Gasteiger partial charge is 0.497 e. The second-order valence-electron chi connectivity index (χ2n) is 4.43. The lowest BCUT2D eigenvalue weighted by Gasteiger charge is -2.12. The maximum Gasteiger partial charge on any atom is 0.292 e. The molecular weight excluding hydrogens is 236 g/mol. The summed E-state index contributed by atoms with van der Waals surface area (Å²) in [6, 6.07) is 4.50. The summed E-state index contributed by atoms with van der Waals surface area (Å²) in [5.41, 5.74) is 0.359. The minimum absolute atomic E-state index is 0.0150. The fourth-order valence-electron chi connectivity index (χ4n) is 1.81. The zero-order valence-electron chi connectivity index (χ0n) is 10.1. The van der Waals surface area contributed by atoms with Gasteiger partial charge in [-0.05, 0) is 24.8 Å². The first kappa shape index (κ1) is 12.6. The molecule has 6 heteroatoms. The van der Waals surface area contributed by atoms with Crippen molar-refractivity contribution in [3.8, 4) is 5.75 Å². The van der Waals surface area contributed by atoms with Crippen LogP contribution in [0.25, 0.3) is 0 Å². The maximum absolute atomic E-state index is 10.9. The van der Waals surface area contributed by atoms with Gasteiger partial charge in [-0.1, -0.05) is 0 Å². The molecule has 1 fully saturated rings. The number of anilines is 1. The standard InChI is InChI=1S/C12H16N2O4/c1-18-9-4-5-11(14(16)17)10(6-9)13-7-12(15)8-2-3-8/h4-6,8,12-13,15H,2-3,7H2,1H3. The number of rotatable bonds is 6. The molecule has 0 heterocycles. The topological polar surface area (TPSA) is 84.6 Å². The highest BCUT2D eigenvalue weighted by Crippen LogP contribution is 2.33. The van der Waals surface area contributed by atoms with Gasteiger partial charge in [0.2, 0.25) is 0 Å². The third-order valence-electron chi connectivity index (χ3n) is 3.07. The van der Waals surface area contributed by atoms with E-state index >= 15 is 0 Å². The summed E-state index contributed by atoms with van der Waals surface area (Å²) >= 11 is 0. The van der Waals surface area contributed by atoms with E-state index in [2.05, 4.69) is 5.32 Å². The van der Waals surface area contributed by atoms with Crippen LogP contribution in [0.3, 0.4) is 0 Å². The third-order valence-corrected chi connectivity index (χ3v) is 3.07. The summed E-state index contributed by atoms with van der Waals surface area (Å²) < 4.78 is 5.03. The van der Waals surface area contributed by atoms with Crippen LogP contribution in [0.15, 0.2) is 18.2 Å². The fourth-order valence-corrected chi connectivity index (χ4v) is 1.81. The van der Waals surface area contributed by atoms with Gasteiger partial charge >= 0.3 is 0 Å². The van der Waals surface area contributed by atoms with Crippen LogP contribution < -0.4 is 10.1 Å². The van der Waals surface area contributed by atoms with Crippen molar-refractivity contribution in [1.82, 2.24) is 0 Å². The summed E-state index contributed by atoms with van der Waals surface area (Å²) in [4.78, 5) is 10.4. The number of hydrogen-bond donors (Lipinski definition) is 2. The van der Waals surface area contributed by atoms with E-state index in [0.717, 1.165) is 12.8 Å². The molecule has 18 heavy (non-hydrogen) atoms. The maximum atomic E-state index is 10.9. The number of aliphatic hydroxyl groups excluding tert-OH is 1. The lowest BCUT2D eigenvalue weighted by atomic mass is 10.2. The zero-order valence-corrected chi connectivity index (χ0v) is 10.1. The van der Waals surface area contributed by atoms with Crippen LogP contribution in [-0.2, 0) is 0 Å². The summed E-state index contributed by atoms with van der Waals surface area (Å²) in [5.74, 6) is 0.881. The lowest BCUT2D eigenvalue weighted by molar-refractivity contribution is -0.384. The van der Waals surface area contributed by atoms with Gasteiger partial charge in [-0.15, -0.1) is 0 Å². The Labute approximate surface area is 105 Å². The zero-order chi connectivity index (χ0) is 13.1. The van der Waals surface area contributed by atoms with Crippen molar-refractivity contribution in [2.75, 3.05) is 19.0 Å². The van der Waals surface area contributed by atoms with Gasteiger partial charge in [-0.25, -0.2) is 0 Å². The number of hydrogen-bond acceptors (Lipinski definition) is 5. The second kappa shape index (κ2) is 5.22. The minimum Gasteiger partial charge on any atom is -0.497 e. The van der Waals surface area contributed by atoms with Gasteiger partial charge in [0, 0.05) is 18.7 Å². The Morgan fingerprint density at radius 1 is 1.61 bits per heavy atom. The van der Waals surface area contributed by atoms with E-state index in [0.29, 0.717) is 23.9 Å². The molecule has 1 aromatic carbocycles. The van der Waals surface area contributed by atoms with E-state index in [4.69, 9.17) is 4.74 Å². The van der Waals surface area contributed by atoms with Crippen molar-refractivity contribution < 1.29 is 14.8 Å². The normalized spacial score (nSPS) is 16.1. The summed E-state index contributed by atoms with van der Waals surface area (Å²) in [5, 5.41) is 23.5. The predicted octanol–water partition coefficient (Wildman–Crippen LogP) is 1.79. The Kier molecular flexibility index (Phi) is 3.66. The molecule has 2 N–H and O–H groups in total. The Bertz CT molecular complexity index is 446. The van der Waals surface area contributed by atoms with Crippen molar-refractivity contribution >= 4 is 11.4 Å². The highest BCUT2D eigenvalue weighted by atomic mass is 16.6. The Morgan fingerprint density at radius 3 is 2.89 bits per heavy atom. The molecule has 0 spiro atoms. The Balaban J connectivity index is 2.09. The first-order valence-electron chi connectivity index (χ1n) is 5.86. The van der Waals surface area contributed by atoms with Crippen LogP contribution in [-0.4, -0.2) is 29.8 Å². The van der Waals surface area contributed by atoms with E-state index in [1.54, 1.807) is 12.1 Å². The van der Waals surface area contributed by atoms with Crippen molar-refractivity contribution in [2.45, 2.75) is 18.9 Å². The quantitative estimate of drug-likeness (QED) is 0.595. The number of aliphatic hydroxyl groups is 1. The molecule has 0 bridgehead atoms. The Hall–Kier alpha value is -1.82. The molecule has 1 unspecified atom stereocenters. The van der Waals surface area contributed by atoms with Gasteiger partial charge in [0.25, 0.3) is 5.69 Å².